The molecule has 134 valence electrons. The maximum atomic E-state index is 11.6. The van der Waals surface area contributed by atoms with E-state index in [-0.39, 0.29) is 12.2 Å². The van der Waals surface area contributed by atoms with E-state index in [2.05, 4.69) is 17.4 Å². The van der Waals surface area contributed by atoms with Crippen LogP contribution in [0.5, 0.6) is 0 Å². The molecule has 4 heteroatoms. The number of aliphatic hydroxyl groups is 1. The van der Waals surface area contributed by atoms with E-state index in [1.54, 1.807) is 0 Å². The molecule has 0 heterocycles. The normalized spacial score (nSPS) is 21.7. The Bertz CT molecular complexity index is 503. The number of alkyl carbamates (subject to hydrolysis) is 1. The van der Waals surface area contributed by atoms with E-state index in [4.69, 9.17) is 4.74 Å². The Balaban J connectivity index is 1.55. The van der Waals surface area contributed by atoms with Crippen LogP contribution in [-0.4, -0.2) is 29.4 Å². The van der Waals surface area contributed by atoms with E-state index >= 15 is 0 Å². The molecule has 1 saturated carbocycles. The van der Waals surface area contributed by atoms with Gasteiger partial charge in [-0.3, -0.25) is 0 Å². The van der Waals surface area contributed by atoms with Crippen LogP contribution in [0.1, 0.15) is 52.0 Å². The molecule has 0 spiro atoms. The van der Waals surface area contributed by atoms with Crippen LogP contribution < -0.4 is 5.32 Å². The minimum absolute atomic E-state index is 0.208. The highest BCUT2D eigenvalue weighted by molar-refractivity contribution is 5.67. The fraction of sp³-hybridized carbons (Fsp3) is 0.650. The second-order valence-electron chi connectivity index (χ2n) is 7.91. The van der Waals surface area contributed by atoms with Gasteiger partial charge in [-0.2, -0.15) is 0 Å². The van der Waals surface area contributed by atoms with Crippen molar-refractivity contribution in [1.82, 2.24) is 5.32 Å². The SMILES string of the molecule is CC(C)(C)OC(=O)NCCC1CC(C(O)CCc2ccccc2)C1. The molecule has 1 aromatic rings. The van der Waals surface area contributed by atoms with Gasteiger partial charge < -0.3 is 15.2 Å². The number of benzene rings is 1. The smallest absolute Gasteiger partial charge is 0.407 e. The highest BCUT2D eigenvalue weighted by atomic mass is 16.6. The van der Waals surface area contributed by atoms with Crippen LogP contribution in [0.3, 0.4) is 0 Å². The molecular weight excluding hydrogens is 302 g/mol. The number of hydrogen-bond acceptors (Lipinski definition) is 3. The number of carbonyl (C=O) groups is 1. The van der Waals surface area contributed by atoms with Gasteiger partial charge >= 0.3 is 6.09 Å². The predicted octanol–water partition coefficient (Wildman–Crippen LogP) is 3.92. The van der Waals surface area contributed by atoms with Crippen LogP contribution in [0, 0.1) is 11.8 Å². The third kappa shape index (κ3) is 6.52. The number of amides is 1. The van der Waals surface area contributed by atoms with Crippen LogP contribution >= 0.6 is 0 Å². The third-order valence-electron chi connectivity index (χ3n) is 4.61. The van der Waals surface area contributed by atoms with Gasteiger partial charge in [-0.15, -0.1) is 0 Å². The van der Waals surface area contributed by atoms with Crippen LogP contribution in [-0.2, 0) is 11.2 Å². The summed E-state index contributed by atoms with van der Waals surface area (Å²) in [6.07, 6.45) is 4.29. The molecule has 1 aromatic carbocycles. The van der Waals surface area contributed by atoms with E-state index in [0.29, 0.717) is 18.4 Å². The lowest BCUT2D eigenvalue weighted by molar-refractivity contribution is 0.0189. The zero-order valence-corrected chi connectivity index (χ0v) is 15.1. The molecule has 0 saturated heterocycles. The summed E-state index contributed by atoms with van der Waals surface area (Å²) in [6, 6.07) is 10.3. The summed E-state index contributed by atoms with van der Waals surface area (Å²) in [7, 11) is 0. The molecule has 4 nitrogen and oxygen atoms in total. The fourth-order valence-corrected chi connectivity index (χ4v) is 3.22. The molecule has 0 aliphatic heterocycles. The number of aliphatic hydroxyl groups excluding tert-OH is 1. The summed E-state index contributed by atoms with van der Waals surface area (Å²) in [5, 5.41) is 13.1. The molecule has 1 unspecified atom stereocenters. The Labute approximate surface area is 145 Å². The van der Waals surface area contributed by atoms with Crippen molar-refractivity contribution >= 4 is 6.09 Å². The topological polar surface area (TPSA) is 58.6 Å². The van der Waals surface area contributed by atoms with Crippen molar-refractivity contribution in [2.75, 3.05) is 6.54 Å². The first kappa shape index (κ1) is 18.8. The van der Waals surface area contributed by atoms with Gasteiger partial charge in [0.05, 0.1) is 6.10 Å². The number of aryl methyl sites for hydroxylation is 1. The molecule has 0 bridgehead atoms. The van der Waals surface area contributed by atoms with Crippen LogP contribution in [0.4, 0.5) is 4.79 Å². The second kappa shape index (κ2) is 8.52. The fourth-order valence-electron chi connectivity index (χ4n) is 3.22. The molecular formula is C20H31NO3. The molecule has 1 amide bonds. The van der Waals surface area contributed by atoms with Crippen molar-refractivity contribution < 1.29 is 14.6 Å². The van der Waals surface area contributed by atoms with Crippen LogP contribution in [0.25, 0.3) is 0 Å². The molecule has 1 aliphatic carbocycles. The van der Waals surface area contributed by atoms with Gasteiger partial charge in [0, 0.05) is 6.54 Å². The Morgan fingerprint density at radius 1 is 1.29 bits per heavy atom. The Morgan fingerprint density at radius 3 is 2.58 bits per heavy atom. The van der Waals surface area contributed by atoms with Crippen molar-refractivity contribution in [1.29, 1.82) is 0 Å². The van der Waals surface area contributed by atoms with Gasteiger partial charge in [0.1, 0.15) is 5.60 Å². The first-order chi connectivity index (χ1) is 11.3. The monoisotopic (exact) mass is 333 g/mol. The highest BCUT2D eigenvalue weighted by Crippen LogP contribution is 2.39. The first-order valence-corrected chi connectivity index (χ1v) is 9.02. The molecule has 24 heavy (non-hydrogen) atoms. The van der Waals surface area contributed by atoms with Gasteiger partial charge in [-0.25, -0.2) is 4.79 Å². The summed E-state index contributed by atoms with van der Waals surface area (Å²) in [4.78, 5) is 11.6. The highest BCUT2D eigenvalue weighted by Gasteiger charge is 2.33. The number of ether oxygens (including phenoxy) is 1. The predicted molar refractivity (Wildman–Crippen MR) is 95.8 cm³/mol. The van der Waals surface area contributed by atoms with Crippen molar-refractivity contribution in [2.45, 2.75) is 64.6 Å². The minimum atomic E-state index is -0.450. The lowest BCUT2D eigenvalue weighted by Crippen LogP contribution is -2.37. The van der Waals surface area contributed by atoms with Gasteiger partial charge in [0.15, 0.2) is 0 Å². The van der Waals surface area contributed by atoms with E-state index in [1.807, 2.05) is 39.0 Å². The van der Waals surface area contributed by atoms with E-state index in [9.17, 15) is 9.90 Å². The number of carbonyl (C=O) groups excluding carboxylic acids is 1. The Morgan fingerprint density at radius 2 is 1.96 bits per heavy atom. The summed E-state index contributed by atoms with van der Waals surface area (Å²) >= 11 is 0. The quantitative estimate of drug-likeness (QED) is 0.795. The van der Waals surface area contributed by atoms with Crippen molar-refractivity contribution in [3.8, 4) is 0 Å². The molecule has 1 aliphatic rings. The average Bonchev–Trinajstić information content (AvgIpc) is 2.46. The van der Waals surface area contributed by atoms with Gasteiger partial charge in [-0.1, -0.05) is 30.3 Å². The summed E-state index contributed by atoms with van der Waals surface area (Å²) in [5.74, 6) is 1.02. The van der Waals surface area contributed by atoms with E-state index in [0.717, 1.165) is 32.1 Å². The number of hydrogen-bond donors (Lipinski definition) is 2. The molecule has 0 aromatic heterocycles. The van der Waals surface area contributed by atoms with Gasteiger partial charge in [0.2, 0.25) is 0 Å². The number of rotatable bonds is 7. The maximum absolute atomic E-state index is 11.6. The van der Waals surface area contributed by atoms with Gasteiger partial charge in [-0.05, 0) is 70.3 Å². The minimum Gasteiger partial charge on any atom is -0.444 e. The summed E-state index contributed by atoms with van der Waals surface area (Å²) in [6.45, 7) is 6.23. The van der Waals surface area contributed by atoms with Crippen molar-refractivity contribution in [3.05, 3.63) is 35.9 Å². The zero-order chi connectivity index (χ0) is 17.6. The van der Waals surface area contributed by atoms with Crippen LogP contribution in [0.2, 0.25) is 0 Å². The third-order valence-corrected chi connectivity index (χ3v) is 4.61. The maximum Gasteiger partial charge on any atom is 0.407 e. The molecule has 2 N–H and O–H groups in total. The summed E-state index contributed by atoms with van der Waals surface area (Å²) in [5.41, 5.74) is 0.836. The largest absolute Gasteiger partial charge is 0.444 e. The zero-order valence-electron chi connectivity index (χ0n) is 15.1. The second-order valence-corrected chi connectivity index (χ2v) is 7.91. The Hall–Kier alpha value is -1.55. The molecule has 0 radical (unpaired) electrons. The Kier molecular flexibility index (Phi) is 6.67. The molecule has 2 rings (SSSR count). The van der Waals surface area contributed by atoms with E-state index < -0.39 is 5.60 Å². The van der Waals surface area contributed by atoms with E-state index in [1.165, 1.54) is 5.56 Å². The summed E-state index contributed by atoms with van der Waals surface area (Å²) < 4.78 is 5.21. The van der Waals surface area contributed by atoms with Crippen molar-refractivity contribution in [3.63, 3.8) is 0 Å². The van der Waals surface area contributed by atoms with Crippen molar-refractivity contribution in [2.24, 2.45) is 11.8 Å². The first-order valence-electron chi connectivity index (χ1n) is 9.02. The lowest BCUT2D eigenvalue weighted by atomic mass is 9.70. The number of nitrogens with one attached hydrogen (secondary N) is 1. The average molecular weight is 333 g/mol. The molecule has 1 fully saturated rings. The van der Waals surface area contributed by atoms with Crippen LogP contribution in [0.15, 0.2) is 30.3 Å². The van der Waals surface area contributed by atoms with Gasteiger partial charge in [0.25, 0.3) is 0 Å². The standard InChI is InChI=1S/C20H31NO3/c1-20(2,3)24-19(23)21-12-11-16-13-17(14-16)18(22)10-9-15-7-5-4-6-8-15/h4-8,16-18,22H,9-14H2,1-3H3,(H,21,23). The lowest BCUT2D eigenvalue weighted by Gasteiger charge is -2.38. The molecule has 1 atom stereocenters.